The molecular formula is C16H12Cl2N2O2. The fraction of sp³-hybridized carbons (Fsp3) is 0.125. The van der Waals surface area contributed by atoms with E-state index in [9.17, 15) is 4.79 Å². The van der Waals surface area contributed by atoms with Crippen molar-refractivity contribution >= 4 is 34.1 Å². The summed E-state index contributed by atoms with van der Waals surface area (Å²) in [6.45, 7) is 0.731. The zero-order valence-corrected chi connectivity index (χ0v) is 13.0. The highest BCUT2D eigenvalue weighted by Crippen LogP contribution is 2.26. The van der Waals surface area contributed by atoms with Crippen molar-refractivity contribution in [3.05, 3.63) is 69.2 Å². The number of halogens is 2. The molecule has 0 amide bonds. The molecular weight excluding hydrogens is 323 g/mol. The summed E-state index contributed by atoms with van der Waals surface area (Å²) in [6.07, 6.45) is 1.53. The molecule has 3 rings (SSSR count). The van der Waals surface area contributed by atoms with Crippen molar-refractivity contribution in [1.82, 2.24) is 9.55 Å². The average Bonchev–Trinajstić information content (AvgIpc) is 2.53. The van der Waals surface area contributed by atoms with Crippen LogP contribution in [0.2, 0.25) is 10.0 Å². The van der Waals surface area contributed by atoms with Gasteiger partial charge in [-0.3, -0.25) is 9.36 Å². The minimum Gasteiger partial charge on any atom is -0.492 e. The second-order valence-corrected chi connectivity index (χ2v) is 5.50. The van der Waals surface area contributed by atoms with Crippen molar-refractivity contribution in [2.75, 3.05) is 6.61 Å². The molecule has 3 aromatic rings. The van der Waals surface area contributed by atoms with E-state index in [1.807, 2.05) is 18.2 Å². The van der Waals surface area contributed by atoms with E-state index in [2.05, 4.69) is 4.98 Å². The Bertz CT molecular complexity index is 877. The van der Waals surface area contributed by atoms with Gasteiger partial charge in [-0.2, -0.15) is 0 Å². The van der Waals surface area contributed by atoms with Gasteiger partial charge in [-0.05, 0) is 24.3 Å². The molecule has 22 heavy (non-hydrogen) atoms. The predicted octanol–water partition coefficient (Wildman–Crippen LogP) is 3.78. The summed E-state index contributed by atoms with van der Waals surface area (Å²) in [5.41, 5.74) is 0.609. The molecule has 0 spiro atoms. The first kappa shape index (κ1) is 14.9. The van der Waals surface area contributed by atoms with Crippen LogP contribution in [-0.4, -0.2) is 16.2 Å². The van der Waals surface area contributed by atoms with Gasteiger partial charge in [0.2, 0.25) is 0 Å². The molecule has 1 heterocycles. The highest BCUT2D eigenvalue weighted by Gasteiger charge is 2.04. The van der Waals surface area contributed by atoms with E-state index in [0.29, 0.717) is 39.8 Å². The monoisotopic (exact) mass is 334 g/mol. The number of hydrogen-bond donors (Lipinski definition) is 0. The molecule has 0 unspecified atom stereocenters. The number of hydrogen-bond acceptors (Lipinski definition) is 3. The summed E-state index contributed by atoms with van der Waals surface area (Å²) in [6, 6.07) is 12.3. The molecule has 0 aliphatic carbocycles. The van der Waals surface area contributed by atoms with E-state index in [1.54, 1.807) is 24.3 Å². The summed E-state index contributed by atoms with van der Waals surface area (Å²) in [5.74, 6) is 0.608. The number of ether oxygens (including phenoxy) is 1. The number of fused-ring (bicyclic) bond motifs is 1. The van der Waals surface area contributed by atoms with Gasteiger partial charge in [-0.15, -0.1) is 0 Å². The normalized spacial score (nSPS) is 10.8. The van der Waals surface area contributed by atoms with E-state index in [4.69, 9.17) is 27.9 Å². The summed E-state index contributed by atoms with van der Waals surface area (Å²) < 4.78 is 7.11. The van der Waals surface area contributed by atoms with Crippen LogP contribution in [-0.2, 0) is 6.54 Å². The quantitative estimate of drug-likeness (QED) is 0.729. The lowest BCUT2D eigenvalue weighted by atomic mass is 10.2. The Morgan fingerprint density at radius 2 is 1.91 bits per heavy atom. The fourth-order valence-electron chi connectivity index (χ4n) is 2.09. The molecule has 0 N–H and O–H groups in total. The Labute approximate surface area is 136 Å². The largest absolute Gasteiger partial charge is 0.492 e. The molecule has 1 aromatic heterocycles. The molecule has 0 aliphatic rings. The van der Waals surface area contributed by atoms with Gasteiger partial charge in [0.15, 0.2) is 0 Å². The third-order valence-corrected chi connectivity index (χ3v) is 3.96. The first-order valence-electron chi connectivity index (χ1n) is 6.67. The van der Waals surface area contributed by atoms with Gasteiger partial charge in [-0.25, -0.2) is 4.98 Å². The zero-order valence-electron chi connectivity index (χ0n) is 11.5. The van der Waals surface area contributed by atoms with E-state index in [1.165, 1.54) is 10.9 Å². The summed E-state index contributed by atoms with van der Waals surface area (Å²) >= 11 is 11.8. The molecule has 0 bridgehead atoms. The smallest absolute Gasteiger partial charge is 0.261 e. The molecule has 0 saturated carbocycles. The Balaban J connectivity index is 1.73. The zero-order chi connectivity index (χ0) is 15.5. The Hall–Kier alpha value is -2.04. The predicted molar refractivity (Wildman–Crippen MR) is 88.0 cm³/mol. The molecule has 2 aromatic carbocycles. The molecule has 6 heteroatoms. The van der Waals surface area contributed by atoms with Crippen LogP contribution < -0.4 is 10.3 Å². The van der Waals surface area contributed by atoms with Gasteiger partial charge < -0.3 is 4.74 Å². The molecule has 0 radical (unpaired) electrons. The van der Waals surface area contributed by atoms with Crippen molar-refractivity contribution in [2.45, 2.75) is 6.54 Å². The van der Waals surface area contributed by atoms with Gasteiger partial charge in [-0.1, -0.05) is 35.3 Å². The van der Waals surface area contributed by atoms with Gasteiger partial charge in [0.05, 0.1) is 33.8 Å². The van der Waals surface area contributed by atoms with Crippen molar-refractivity contribution < 1.29 is 4.74 Å². The van der Waals surface area contributed by atoms with E-state index >= 15 is 0 Å². The van der Waals surface area contributed by atoms with Crippen LogP contribution in [0, 0.1) is 0 Å². The van der Waals surface area contributed by atoms with E-state index in [-0.39, 0.29) is 5.56 Å². The number of aromatic nitrogens is 2. The maximum Gasteiger partial charge on any atom is 0.261 e. The van der Waals surface area contributed by atoms with Gasteiger partial charge in [0, 0.05) is 6.07 Å². The van der Waals surface area contributed by atoms with Crippen molar-refractivity contribution in [2.24, 2.45) is 0 Å². The molecule has 0 saturated heterocycles. The van der Waals surface area contributed by atoms with Crippen molar-refractivity contribution in [3.8, 4) is 5.75 Å². The van der Waals surface area contributed by atoms with Gasteiger partial charge in [0.25, 0.3) is 5.56 Å². The summed E-state index contributed by atoms with van der Waals surface area (Å²) in [4.78, 5) is 16.6. The van der Waals surface area contributed by atoms with Crippen LogP contribution in [0.5, 0.6) is 5.75 Å². The van der Waals surface area contributed by atoms with Gasteiger partial charge >= 0.3 is 0 Å². The van der Waals surface area contributed by atoms with Crippen molar-refractivity contribution in [3.63, 3.8) is 0 Å². The number of rotatable bonds is 4. The lowest BCUT2D eigenvalue weighted by Gasteiger charge is -2.09. The first-order valence-corrected chi connectivity index (χ1v) is 7.43. The average molecular weight is 335 g/mol. The Morgan fingerprint density at radius 1 is 1.09 bits per heavy atom. The molecule has 112 valence electrons. The second kappa shape index (κ2) is 6.38. The molecule has 0 atom stereocenters. The fourth-order valence-corrected chi connectivity index (χ4v) is 2.38. The number of benzene rings is 2. The SMILES string of the molecule is O=c1c2ccccc2ncn1CCOc1ccc(Cl)c(Cl)c1. The first-order chi connectivity index (χ1) is 10.6. The van der Waals surface area contributed by atoms with Crippen LogP contribution in [0.25, 0.3) is 10.9 Å². The topological polar surface area (TPSA) is 44.1 Å². The van der Waals surface area contributed by atoms with Crippen LogP contribution in [0.1, 0.15) is 0 Å². The van der Waals surface area contributed by atoms with Crippen LogP contribution in [0.15, 0.2) is 53.6 Å². The maximum atomic E-state index is 12.3. The third-order valence-electron chi connectivity index (χ3n) is 3.22. The Morgan fingerprint density at radius 3 is 2.73 bits per heavy atom. The Kier molecular flexibility index (Phi) is 4.32. The van der Waals surface area contributed by atoms with E-state index < -0.39 is 0 Å². The molecule has 0 aliphatic heterocycles. The minimum atomic E-state index is -0.0802. The summed E-state index contributed by atoms with van der Waals surface area (Å²) in [5, 5.41) is 1.51. The van der Waals surface area contributed by atoms with Crippen molar-refractivity contribution in [1.29, 1.82) is 0 Å². The molecule has 0 fully saturated rings. The third kappa shape index (κ3) is 3.08. The summed E-state index contributed by atoms with van der Waals surface area (Å²) in [7, 11) is 0. The lowest BCUT2D eigenvalue weighted by molar-refractivity contribution is 0.296. The minimum absolute atomic E-state index is 0.0802. The maximum absolute atomic E-state index is 12.3. The second-order valence-electron chi connectivity index (χ2n) is 4.68. The lowest BCUT2D eigenvalue weighted by Crippen LogP contribution is -2.23. The molecule has 4 nitrogen and oxygen atoms in total. The van der Waals surface area contributed by atoms with Crippen LogP contribution in [0.3, 0.4) is 0 Å². The standard InChI is InChI=1S/C16H12Cl2N2O2/c17-13-6-5-11(9-14(13)18)22-8-7-20-10-19-15-4-2-1-3-12(15)16(20)21/h1-6,9-10H,7-8H2. The number of nitrogens with zero attached hydrogens (tertiary/aromatic N) is 2. The van der Waals surface area contributed by atoms with E-state index in [0.717, 1.165) is 0 Å². The van der Waals surface area contributed by atoms with Crippen LogP contribution >= 0.6 is 23.2 Å². The van der Waals surface area contributed by atoms with Gasteiger partial charge in [0.1, 0.15) is 12.4 Å². The highest BCUT2D eigenvalue weighted by atomic mass is 35.5. The highest BCUT2D eigenvalue weighted by molar-refractivity contribution is 6.42. The number of para-hydroxylation sites is 1. The van der Waals surface area contributed by atoms with Crippen LogP contribution in [0.4, 0.5) is 0 Å².